The van der Waals surface area contributed by atoms with Gasteiger partial charge in [-0.25, -0.2) is 4.79 Å². The highest BCUT2D eigenvalue weighted by atomic mass is 79.9. The Bertz CT molecular complexity index is 410. The minimum absolute atomic E-state index is 0.211. The number of aldehydes is 1. The number of carboxylic acids is 1. The number of allylic oxidation sites excluding steroid dienone is 1. The molecular formula is C11H9BrO3. The van der Waals surface area contributed by atoms with Gasteiger partial charge in [0, 0.05) is 10.9 Å². The van der Waals surface area contributed by atoms with Gasteiger partial charge >= 0.3 is 5.97 Å². The van der Waals surface area contributed by atoms with Gasteiger partial charge in [-0.15, -0.1) is 0 Å². The number of carbonyl (C=O) groups is 2. The van der Waals surface area contributed by atoms with Gasteiger partial charge in [-0.3, -0.25) is 0 Å². The van der Waals surface area contributed by atoms with E-state index in [0.29, 0.717) is 10.9 Å². The molecule has 0 amide bonds. The summed E-state index contributed by atoms with van der Waals surface area (Å²) in [6.07, 6.45) is 4.51. The van der Waals surface area contributed by atoms with E-state index in [1.165, 1.54) is 0 Å². The van der Waals surface area contributed by atoms with Crippen molar-refractivity contribution in [3.05, 3.63) is 39.9 Å². The van der Waals surface area contributed by atoms with Gasteiger partial charge in [0.1, 0.15) is 6.29 Å². The molecule has 15 heavy (non-hydrogen) atoms. The van der Waals surface area contributed by atoms with Gasteiger partial charge in [-0.05, 0) is 33.6 Å². The molecule has 0 bridgehead atoms. The van der Waals surface area contributed by atoms with Crippen molar-refractivity contribution < 1.29 is 14.7 Å². The summed E-state index contributed by atoms with van der Waals surface area (Å²) in [5, 5.41) is 8.85. The van der Waals surface area contributed by atoms with E-state index >= 15 is 0 Å². The van der Waals surface area contributed by atoms with Gasteiger partial charge in [0.2, 0.25) is 0 Å². The second-order valence-corrected chi connectivity index (χ2v) is 3.70. The fourth-order valence-corrected chi connectivity index (χ4v) is 1.49. The lowest BCUT2D eigenvalue weighted by molar-refractivity contribution is -0.107. The predicted octanol–water partition coefficient (Wildman–Crippen LogP) is 2.75. The quantitative estimate of drug-likeness (QED) is 0.855. The van der Waals surface area contributed by atoms with Gasteiger partial charge in [-0.2, -0.15) is 0 Å². The second-order valence-electron chi connectivity index (χ2n) is 2.85. The van der Waals surface area contributed by atoms with Crippen LogP contribution in [0.5, 0.6) is 0 Å². The van der Waals surface area contributed by atoms with E-state index in [1.54, 1.807) is 30.4 Å². The second kappa shape index (κ2) is 5.46. The first-order valence-corrected chi connectivity index (χ1v) is 5.07. The van der Waals surface area contributed by atoms with Crippen molar-refractivity contribution in [2.24, 2.45) is 0 Å². The summed E-state index contributed by atoms with van der Waals surface area (Å²) >= 11 is 3.15. The van der Waals surface area contributed by atoms with Crippen molar-refractivity contribution in [3.8, 4) is 0 Å². The first-order valence-electron chi connectivity index (χ1n) is 4.28. The van der Waals surface area contributed by atoms with Crippen molar-refractivity contribution >= 4 is 34.3 Å². The van der Waals surface area contributed by atoms with Gasteiger partial charge in [0.25, 0.3) is 0 Å². The molecule has 0 atom stereocenters. The summed E-state index contributed by atoms with van der Waals surface area (Å²) < 4.78 is 0.544. The largest absolute Gasteiger partial charge is 0.478 e. The Hall–Kier alpha value is -1.42. The number of carbonyl (C=O) groups excluding carboxylic acids is 1. The van der Waals surface area contributed by atoms with Crippen LogP contribution in [0.25, 0.3) is 6.08 Å². The standard InChI is InChI=1S/C11H9BrO3/c12-10-5-4-8(3-1-2-6-13)7-9(10)11(14)15/h1,3-7H,2H2,(H,14,15). The lowest BCUT2D eigenvalue weighted by atomic mass is 10.1. The van der Waals surface area contributed by atoms with Gasteiger partial charge in [-0.1, -0.05) is 18.2 Å². The Morgan fingerprint density at radius 1 is 1.47 bits per heavy atom. The van der Waals surface area contributed by atoms with E-state index in [2.05, 4.69) is 15.9 Å². The molecule has 0 aliphatic rings. The Kier molecular flexibility index (Phi) is 4.24. The highest BCUT2D eigenvalue weighted by Gasteiger charge is 2.07. The number of benzene rings is 1. The van der Waals surface area contributed by atoms with Crippen LogP contribution in [0.15, 0.2) is 28.7 Å². The van der Waals surface area contributed by atoms with Gasteiger partial charge in [0.05, 0.1) is 5.56 Å². The smallest absolute Gasteiger partial charge is 0.336 e. The average molecular weight is 269 g/mol. The third-order valence-electron chi connectivity index (χ3n) is 1.76. The summed E-state index contributed by atoms with van der Waals surface area (Å²) in [6, 6.07) is 5.00. The molecular weight excluding hydrogens is 260 g/mol. The molecule has 0 aliphatic carbocycles. The van der Waals surface area contributed by atoms with Crippen LogP contribution in [0.2, 0.25) is 0 Å². The van der Waals surface area contributed by atoms with E-state index in [-0.39, 0.29) is 5.56 Å². The lowest BCUT2D eigenvalue weighted by Crippen LogP contribution is -1.97. The molecule has 3 nitrogen and oxygen atoms in total. The van der Waals surface area contributed by atoms with Crippen LogP contribution in [0.4, 0.5) is 0 Å². The normalized spacial score (nSPS) is 10.5. The molecule has 1 aromatic rings. The number of aromatic carboxylic acids is 1. The molecule has 0 saturated carbocycles. The van der Waals surface area contributed by atoms with Crippen LogP contribution in [0.1, 0.15) is 22.3 Å². The van der Waals surface area contributed by atoms with Crippen molar-refractivity contribution in [1.29, 1.82) is 0 Å². The van der Waals surface area contributed by atoms with Crippen molar-refractivity contribution in [2.45, 2.75) is 6.42 Å². The molecule has 4 heteroatoms. The van der Waals surface area contributed by atoms with Crippen molar-refractivity contribution in [2.75, 3.05) is 0 Å². The molecule has 0 aromatic heterocycles. The molecule has 0 aliphatic heterocycles. The predicted molar refractivity (Wildman–Crippen MR) is 60.8 cm³/mol. The van der Waals surface area contributed by atoms with Gasteiger partial charge < -0.3 is 9.90 Å². The molecule has 0 saturated heterocycles. The fourth-order valence-electron chi connectivity index (χ4n) is 1.07. The maximum Gasteiger partial charge on any atom is 0.336 e. The molecule has 0 radical (unpaired) electrons. The van der Waals surface area contributed by atoms with Crippen LogP contribution >= 0.6 is 15.9 Å². The van der Waals surface area contributed by atoms with Gasteiger partial charge in [0.15, 0.2) is 0 Å². The first kappa shape index (κ1) is 11.7. The monoisotopic (exact) mass is 268 g/mol. The number of hydrogen-bond acceptors (Lipinski definition) is 2. The lowest BCUT2D eigenvalue weighted by Gasteiger charge is -2.00. The minimum Gasteiger partial charge on any atom is -0.478 e. The zero-order valence-electron chi connectivity index (χ0n) is 7.81. The average Bonchev–Trinajstić information content (AvgIpc) is 2.20. The molecule has 1 N–H and O–H groups in total. The van der Waals surface area contributed by atoms with Crippen molar-refractivity contribution in [1.82, 2.24) is 0 Å². The molecule has 78 valence electrons. The zero-order valence-corrected chi connectivity index (χ0v) is 9.40. The molecule has 0 unspecified atom stereocenters. The summed E-state index contributed by atoms with van der Waals surface area (Å²) in [6.45, 7) is 0. The van der Waals surface area contributed by atoms with Crippen LogP contribution in [0, 0.1) is 0 Å². The van der Waals surface area contributed by atoms with Crippen LogP contribution < -0.4 is 0 Å². The van der Waals surface area contributed by atoms with E-state index in [9.17, 15) is 9.59 Å². The Morgan fingerprint density at radius 2 is 2.20 bits per heavy atom. The Balaban J connectivity index is 2.97. The highest BCUT2D eigenvalue weighted by molar-refractivity contribution is 9.10. The number of hydrogen-bond donors (Lipinski definition) is 1. The first-order chi connectivity index (χ1) is 7.15. The van der Waals surface area contributed by atoms with E-state index < -0.39 is 5.97 Å². The van der Waals surface area contributed by atoms with E-state index in [1.807, 2.05) is 0 Å². The molecule has 0 fully saturated rings. The van der Waals surface area contributed by atoms with Crippen molar-refractivity contribution in [3.63, 3.8) is 0 Å². The van der Waals surface area contributed by atoms with E-state index in [4.69, 9.17) is 5.11 Å². The fraction of sp³-hybridized carbons (Fsp3) is 0.0909. The summed E-state index contributed by atoms with van der Waals surface area (Å²) in [7, 11) is 0. The SMILES string of the molecule is O=CCC=Cc1ccc(Br)c(C(=O)O)c1. The van der Waals surface area contributed by atoms with Crippen LogP contribution in [-0.4, -0.2) is 17.4 Å². The zero-order chi connectivity index (χ0) is 11.3. The maximum absolute atomic E-state index is 10.8. The number of rotatable bonds is 4. The minimum atomic E-state index is -0.979. The van der Waals surface area contributed by atoms with Crippen LogP contribution in [-0.2, 0) is 4.79 Å². The number of halogens is 1. The van der Waals surface area contributed by atoms with Crippen LogP contribution in [0.3, 0.4) is 0 Å². The number of carboxylic acid groups (broad SMARTS) is 1. The topological polar surface area (TPSA) is 54.4 Å². The maximum atomic E-state index is 10.8. The summed E-state index contributed by atoms with van der Waals surface area (Å²) in [4.78, 5) is 20.9. The third-order valence-corrected chi connectivity index (χ3v) is 2.45. The third kappa shape index (κ3) is 3.32. The molecule has 0 spiro atoms. The Labute approximate surface area is 95.6 Å². The van der Waals surface area contributed by atoms with E-state index in [0.717, 1.165) is 11.8 Å². The molecule has 0 heterocycles. The summed E-state index contributed by atoms with van der Waals surface area (Å²) in [5.74, 6) is -0.979. The Morgan fingerprint density at radius 3 is 2.80 bits per heavy atom. The molecule has 1 rings (SSSR count). The highest BCUT2D eigenvalue weighted by Crippen LogP contribution is 2.19. The summed E-state index contributed by atoms with van der Waals surface area (Å²) in [5.41, 5.74) is 0.973. The molecule has 1 aromatic carbocycles.